The highest BCUT2D eigenvalue weighted by Gasteiger charge is 2.34. The number of hydrogen-bond donors (Lipinski definition) is 1. The summed E-state index contributed by atoms with van der Waals surface area (Å²) in [7, 11) is -3.03. The number of anilines is 1. The van der Waals surface area contributed by atoms with Crippen LogP contribution in [0.25, 0.3) is 0 Å². The lowest BCUT2D eigenvalue weighted by Crippen LogP contribution is -2.35. The summed E-state index contributed by atoms with van der Waals surface area (Å²) in [5, 5.41) is 0. The third-order valence-electron chi connectivity index (χ3n) is 4.83. The first-order valence-electron chi connectivity index (χ1n) is 9.30. The number of carbonyl (C=O) groups is 1. The van der Waals surface area contributed by atoms with Gasteiger partial charge in [-0.25, -0.2) is 8.42 Å². The van der Waals surface area contributed by atoms with Gasteiger partial charge in [-0.3, -0.25) is 9.52 Å². The summed E-state index contributed by atoms with van der Waals surface area (Å²) in [5.74, 6) is -0.181. The molecule has 0 bridgehead atoms. The highest BCUT2D eigenvalue weighted by molar-refractivity contribution is 7.92. The van der Waals surface area contributed by atoms with Crippen LogP contribution in [0, 0.1) is 0 Å². The van der Waals surface area contributed by atoms with E-state index in [1.165, 1.54) is 31.4 Å². The normalized spacial score (nSPS) is 15.0. The second-order valence-corrected chi connectivity index (χ2v) is 8.55. The Kier molecular flexibility index (Phi) is 6.25. The molecule has 30 heavy (non-hydrogen) atoms. The fourth-order valence-electron chi connectivity index (χ4n) is 3.31. The SMILES string of the molecule is COc1ccc(S(=O)(=O)Nc2ccccc2C(F)(F)F)cc1C(=O)N1CCCCC1. The fourth-order valence-corrected chi connectivity index (χ4v) is 4.42. The number of amides is 1. The Hall–Kier alpha value is -2.75. The van der Waals surface area contributed by atoms with Gasteiger partial charge < -0.3 is 9.64 Å². The molecule has 10 heteroatoms. The zero-order chi connectivity index (χ0) is 21.9. The van der Waals surface area contributed by atoms with Gasteiger partial charge in [0.05, 0.1) is 28.8 Å². The molecule has 0 radical (unpaired) electrons. The third kappa shape index (κ3) is 4.69. The molecule has 0 unspecified atom stereocenters. The van der Waals surface area contributed by atoms with Crippen molar-refractivity contribution in [2.45, 2.75) is 30.3 Å². The van der Waals surface area contributed by atoms with Crippen LogP contribution >= 0.6 is 0 Å². The lowest BCUT2D eigenvalue weighted by molar-refractivity contribution is -0.136. The number of nitrogens with zero attached hydrogens (tertiary/aromatic N) is 1. The van der Waals surface area contributed by atoms with Crippen LogP contribution in [0.4, 0.5) is 18.9 Å². The molecule has 1 fully saturated rings. The van der Waals surface area contributed by atoms with Gasteiger partial charge in [-0.1, -0.05) is 12.1 Å². The molecule has 3 rings (SSSR count). The molecule has 162 valence electrons. The van der Waals surface area contributed by atoms with E-state index >= 15 is 0 Å². The van der Waals surface area contributed by atoms with Crippen LogP contribution in [0.15, 0.2) is 47.4 Å². The topological polar surface area (TPSA) is 75.7 Å². The Morgan fingerprint density at radius 1 is 1.07 bits per heavy atom. The van der Waals surface area contributed by atoms with Gasteiger partial charge in [-0.05, 0) is 49.6 Å². The van der Waals surface area contributed by atoms with E-state index in [9.17, 15) is 26.4 Å². The number of rotatable bonds is 5. The molecule has 2 aromatic rings. The molecule has 2 aromatic carbocycles. The van der Waals surface area contributed by atoms with Crippen molar-refractivity contribution in [3.8, 4) is 5.75 Å². The van der Waals surface area contributed by atoms with Gasteiger partial charge in [0.15, 0.2) is 0 Å². The van der Waals surface area contributed by atoms with E-state index in [4.69, 9.17) is 4.74 Å². The average molecular weight is 442 g/mol. The quantitative estimate of drug-likeness (QED) is 0.755. The molecule has 0 aliphatic carbocycles. The summed E-state index contributed by atoms with van der Waals surface area (Å²) >= 11 is 0. The molecule has 1 heterocycles. The summed E-state index contributed by atoms with van der Waals surface area (Å²) in [6, 6.07) is 7.93. The third-order valence-corrected chi connectivity index (χ3v) is 6.19. The molecule has 6 nitrogen and oxygen atoms in total. The van der Waals surface area contributed by atoms with Crippen molar-refractivity contribution in [2.75, 3.05) is 24.9 Å². The van der Waals surface area contributed by atoms with Gasteiger partial charge in [0.2, 0.25) is 0 Å². The predicted octanol–water partition coefficient (Wildman–Crippen LogP) is 4.14. The summed E-state index contributed by atoms with van der Waals surface area (Å²) in [6.45, 7) is 1.10. The van der Waals surface area contributed by atoms with Gasteiger partial charge in [0.1, 0.15) is 5.75 Å². The van der Waals surface area contributed by atoms with Gasteiger partial charge in [0, 0.05) is 13.1 Å². The van der Waals surface area contributed by atoms with Crippen molar-refractivity contribution in [3.05, 3.63) is 53.6 Å². The number of benzene rings is 2. The van der Waals surface area contributed by atoms with E-state index in [1.807, 2.05) is 4.72 Å². The maximum Gasteiger partial charge on any atom is 0.418 e. The Morgan fingerprint density at radius 3 is 2.37 bits per heavy atom. The highest BCUT2D eigenvalue weighted by Crippen LogP contribution is 2.36. The van der Waals surface area contributed by atoms with Gasteiger partial charge in [-0.15, -0.1) is 0 Å². The van der Waals surface area contributed by atoms with Crippen molar-refractivity contribution in [1.29, 1.82) is 0 Å². The van der Waals surface area contributed by atoms with Crippen molar-refractivity contribution < 1.29 is 31.1 Å². The second-order valence-electron chi connectivity index (χ2n) is 6.86. The van der Waals surface area contributed by atoms with Gasteiger partial charge in [0.25, 0.3) is 15.9 Å². The maximum absolute atomic E-state index is 13.2. The molecule has 1 aliphatic heterocycles. The summed E-state index contributed by atoms with van der Waals surface area (Å²) < 4.78 is 72.3. The number of hydrogen-bond acceptors (Lipinski definition) is 4. The number of sulfonamides is 1. The van der Waals surface area contributed by atoms with E-state index in [1.54, 1.807) is 4.90 Å². The number of nitrogens with one attached hydrogen (secondary N) is 1. The number of alkyl halides is 3. The molecule has 1 N–H and O–H groups in total. The minimum atomic E-state index is -4.73. The first-order valence-corrected chi connectivity index (χ1v) is 10.8. The van der Waals surface area contributed by atoms with E-state index in [0.717, 1.165) is 37.5 Å². The zero-order valence-electron chi connectivity index (χ0n) is 16.2. The molecule has 0 saturated carbocycles. The number of likely N-dealkylation sites (tertiary alicyclic amines) is 1. The van der Waals surface area contributed by atoms with E-state index in [2.05, 4.69) is 0 Å². The Labute approximate surface area is 172 Å². The van der Waals surface area contributed by atoms with Crippen molar-refractivity contribution in [3.63, 3.8) is 0 Å². The van der Waals surface area contributed by atoms with Crippen LogP contribution in [-0.4, -0.2) is 39.4 Å². The summed E-state index contributed by atoms with van der Waals surface area (Å²) in [4.78, 5) is 14.2. The number of piperidine rings is 1. The highest BCUT2D eigenvalue weighted by atomic mass is 32.2. The van der Waals surface area contributed by atoms with Crippen LogP contribution in [0.1, 0.15) is 35.2 Å². The lowest BCUT2D eigenvalue weighted by Gasteiger charge is -2.27. The molecule has 1 aliphatic rings. The lowest BCUT2D eigenvalue weighted by atomic mass is 10.1. The maximum atomic E-state index is 13.2. The standard InChI is InChI=1S/C20H21F3N2O4S/c1-29-18-10-9-14(13-15(18)19(26)25-11-5-2-6-12-25)30(27,28)24-17-8-4-3-7-16(17)20(21,22)23/h3-4,7-10,13,24H,2,5-6,11-12H2,1H3. The second kappa shape index (κ2) is 8.55. The molecule has 1 saturated heterocycles. The number of halogens is 3. The Bertz CT molecular complexity index is 1030. The number of ether oxygens (including phenoxy) is 1. The van der Waals surface area contributed by atoms with E-state index in [0.29, 0.717) is 13.1 Å². The van der Waals surface area contributed by atoms with Gasteiger partial charge in [-0.2, -0.15) is 13.2 Å². The van der Waals surface area contributed by atoms with E-state index in [-0.39, 0.29) is 22.1 Å². The Balaban J connectivity index is 1.96. The number of para-hydroxylation sites is 1. The molecular weight excluding hydrogens is 421 g/mol. The van der Waals surface area contributed by atoms with Crippen LogP contribution in [-0.2, 0) is 16.2 Å². The minimum absolute atomic E-state index is 0.0476. The Morgan fingerprint density at radius 2 is 1.73 bits per heavy atom. The average Bonchev–Trinajstić information content (AvgIpc) is 2.72. The van der Waals surface area contributed by atoms with Gasteiger partial charge >= 0.3 is 6.18 Å². The van der Waals surface area contributed by atoms with Crippen LogP contribution < -0.4 is 9.46 Å². The first kappa shape index (κ1) is 21.9. The monoisotopic (exact) mass is 442 g/mol. The molecular formula is C20H21F3N2O4S. The predicted molar refractivity (Wildman–Crippen MR) is 105 cm³/mol. The molecule has 1 amide bonds. The van der Waals surface area contributed by atoms with Crippen molar-refractivity contribution in [1.82, 2.24) is 4.90 Å². The first-order chi connectivity index (χ1) is 14.1. The number of carbonyl (C=O) groups excluding carboxylic acids is 1. The minimum Gasteiger partial charge on any atom is -0.496 e. The largest absolute Gasteiger partial charge is 0.496 e. The van der Waals surface area contributed by atoms with Crippen LogP contribution in [0.2, 0.25) is 0 Å². The molecule has 0 spiro atoms. The van der Waals surface area contributed by atoms with Crippen LogP contribution in [0.3, 0.4) is 0 Å². The van der Waals surface area contributed by atoms with Crippen LogP contribution in [0.5, 0.6) is 5.75 Å². The van der Waals surface area contributed by atoms with E-state index < -0.39 is 27.5 Å². The summed E-state index contributed by atoms with van der Waals surface area (Å²) in [6.07, 6.45) is -2.02. The smallest absolute Gasteiger partial charge is 0.418 e. The molecule has 0 atom stereocenters. The zero-order valence-corrected chi connectivity index (χ0v) is 17.0. The fraction of sp³-hybridized carbons (Fsp3) is 0.350. The van der Waals surface area contributed by atoms with Crippen molar-refractivity contribution in [2.24, 2.45) is 0 Å². The summed E-state index contributed by atoms with van der Waals surface area (Å²) in [5.41, 5.74) is -1.65. The van der Waals surface area contributed by atoms with Crippen molar-refractivity contribution >= 4 is 21.6 Å². The molecule has 0 aromatic heterocycles. The number of methoxy groups -OCH3 is 1.